The van der Waals surface area contributed by atoms with Crippen molar-refractivity contribution in [2.24, 2.45) is 0 Å². The fourth-order valence-electron chi connectivity index (χ4n) is 8.02. The van der Waals surface area contributed by atoms with Crippen molar-refractivity contribution in [3.63, 3.8) is 0 Å². The predicted molar refractivity (Wildman–Crippen MR) is 266 cm³/mol. The Morgan fingerprint density at radius 3 is 0.806 bits per heavy atom. The van der Waals surface area contributed by atoms with Gasteiger partial charge in [0, 0.05) is 19.3 Å². The third kappa shape index (κ3) is 48.9. The molecule has 6 heteroatoms. The van der Waals surface area contributed by atoms with Crippen molar-refractivity contribution in [3.8, 4) is 0 Å². The van der Waals surface area contributed by atoms with E-state index in [4.69, 9.17) is 14.2 Å². The maximum atomic E-state index is 12.8. The third-order valence-corrected chi connectivity index (χ3v) is 12.2. The second-order valence-electron chi connectivity index (χ2n) is 18.5. The number of ether oxygens (including phenoxy) is 3. The first-order chi connectivity index (χ1) is 30.5. The van der Waals surface area contributed by atoms with Crippen LogP contribution < -0.4 is 0 Å². The number of hydrogen-bond acceptors (Lipinski definition) is 6. The number of rotatable bonds is 50. The van der Waals surface area contributed by atoms with E-state index in [1.807, 2.05) is 0 Å². The van der Waals surface area contributed by atoms with Crippen LogP contribution in [0.3, 0.4) is 0 Å². The summed E-state index contributed by atoms with van der Waals surface area (Å²) in [6.07, 6.45) is 58.8. The lowest BCUT2D eigenvalue weighted by Gasteiger charge is -2.18. The molecule has 0 aliphatic heterocycles. The fourth-order valence-corrected chi connectivity index (χ4v) is 8.02. The van der Waals surface area contributed by atoms with E-state index in [9.17, 15) is 14.4 Å². The zero-order valence-electron chi connectivity index (χ0n) is 41.7. The Balaban J connectivity index is 4.29. The smallest absolute Gasteiger partial charge is 0.306 e. The maximum absolute atomic E-state index is 12.8. The van der Waals surface area contributed by atoms with Crippen LogP contribution in [0.15, 0.2) is 24.3 Å². The number of esters is 3. The van der Waals surface area contributed by atoms with Crippen LogP contribution in [-0.4, -0.2) is 37.2 Å². The van der Waals surface area contributed by atoms with Crippen molar-refractivity contribution >= 4 is 17.9 Å². The molecule has 6 nitrogen and oxygen atoms in total. The summed E-state index contributed by atoms with van der Waals surface area (Å²) in [6, 6.07) is 0. The van der Waals surface area contributed by atoms with Crippen molar-refractivity contribution < 1.29 is 28.6 Å². The highest BCUT2D eigenvalue weighted by Gasteiger charge is 2.19. The first-order valence-electron chi connectivity index (χ1n) is 27.3. The number of unbranched alkanes of at least 4 members (excludes halogenated alkanes) is 35. The van der Waals surface area contributed by atoms with Gasteiger partial charge in [-0.3, -0.25) is 14.4 Å². The SMILES string of the molecule is CCCCCCCC/C=C\CCCCCCCCCCCC(=O)OCC(COC(=O)CCCCCCCCCCCC)OC(=O)CCCCCCC/C=C\CCCCCCCC. The van der Waals surface area contributed by atoms with Gasteiger partial charge >= 0.3 is 17.9 Å². The monoisotopic (exact) mass is 873 g/mol. The first kappa shape index (κ1) is 59.9. The molecule has 0 rings (SSSR count). The molecule has 0 bridgehead atoms. The lowest BCUT2D eigenvalue weighted by Crippen LogP contribution is -2.30. The highest BCUT2D eigenvalue weighted by atomic mass is 16.6. The fraction of sp³-hybridized carbons (Fsp3) is 0.875. The van der Waals surface area contributed by atoms with E-state index in [1.165, 1.54) is 193 Å². The van der Waals surface area contributed by atoms with E-state index in [0.29, 0.717) is 19.3 Å². The lowest BCUT2D eigenvalue weighted by atomic mass is 10.1. The third-order valence-electron chi connectivity index (χ3n) is 12.2. The summed E-state index contributed by atoms with van der Waals surface area (Å²) in [5, 5.41) is 0. The van der Waals surface area contributed by atoms with Crippen molar-refractivity contribution in [2.45, 2.75) is 303 Å². The van der Waals surface area contributed by atoms with Gasteiger partial charge in [0.15, 0.2) is 6.10 Å². The highest BCUT2D eigenvalue weighted by molar-refractivity contribution is 5.71. The van der Waals surface area contributed by atoms with Gasteiger partial charge in [-0.1, -0.05) is 231 Å². The molecular weight excluding hydrogens is 769 g/mol. The van der Waals surface area contributed by atoms with Crippen molar-refractivity contribution in [1.29, 1.82) is 0 Å². The summed E-state index contributed by atoms with van der Waals surface area (Å²) < 4.78 is 16.8. The number of carbonyl (C=O) groups excluding carboxylic acids is 3. The molecule has 0 amide bonds. The molecule has 0 aromatic carbocycles. The van der Waals surface area contributed by atoms with Crippen LogP contribution in [0.1, 0.15) is 297 Å². The summed E-state index contributed by atoms with van der Waals surface area (Å²) in [6.45, 7) is 6.64. The molecule has 0 aromatic rings. The Hall–Kier alpha value is -2.11. The maximum Gasteiger partial charge on any atom is 0.306 e. The highest BCUT2D eigenvalue weighted by Crippen LogP contribution is 2.16. The van der Waals surface area contributed by atoms with Gasteiger partial charge in [0.1, 0.15) is 13.2 Å². The van der Waals surface area contributed by atoms with Crippen molar-refractivity contribution in [3.05, 3.63) is 24.3 Å². The minimum Gasteiger partial charge on any atom is -0.462 e. The van der Waals surface area contributed by atoms with Crippen LogP contribution in [-0.2, 0) is 28.6 Å². The standard InChI is InChI=1S/C56H104O6/c1-4-7-10-13-16-19-22-24-26-27-28-29-31-32-34-37-40-43-46-49-55(58)61-52-53(51-60-54(57)48-45-42-39-36-21-18-15-12-9-6-3)62-56(59)50-47-44-41-38-35-33-30-25-23-20-17-14-11-8-5-2/h24-26,30,53H,4-23,27-29,31-52H2,1-3H3/b26-24-,30-25-. The lowest BCUT2D eigenvalue weighted by molar-refractivity contribution is -0.167. The molecule has 62 heavy (non-hydrogen) atoms. The molecular formula is C56H104O6. The van der Waals surface area contributed by atoms with E-state index in [0.717, 1.165) is 64.2 Å². The Labute approximate surface area is 385 Å². The van der Waals surface area contributed by atoms with Crippen LogP contribution in [0.5, 0.6) is 0 Å². The normalized spacial score (nSPS) is 12.1. The minimum atomic E-state index is -0.771. The molecule has 1 unspecified atom stereocenters. The number of hydrogen-bond donors (Lipinski definition) is 0. The van der Waals surface area contributed by atoms with Gasteiger partial charge < -0.3 is 14.2 Å². The molecule has 0 saturated carbocycles. The van der Waals surface area contributed by atoms with Gasteiger partial charge in [0.2, 0.25) is 0 Å². The van der Waals surface area contributed by atoms with Crippen LogP contribution in [0.25, 0.3) is 0 Å². The van der Waals surface area contributed by atoms with E-state index in [2.05, 4.69) is 45.1 Å². The molecule has 0 aliphatic rings. The Morgan fingerprint density at radius 2 is 0.532 bits per heavy atom. The summed E-state index contributed by atoms with van der Waals surface area (Å²) in [5.41, 5.74) is 0. The quantitative estimate of drug-likeness (QED) is 0.0262. The zero-order valence-corrected chi connectivity index (χ0v) is 41.7. The summed E-state index contributed by atoms with van der Waals surface area (Å²) >= 11 is 0. The molecule has 0 N–H and O–H groups in total. The average Bonchev–Trinajstić information content (AvgIpc) is 3.27. The van der Waals surface area contributed by atoms with E-state index < -0.39 is 6.10 Å². The van der Waals surface area contributed by atoms with Crippen LogP contribution >= 0.6 is 0 Å². The molecule has 0 saturated heterocycles. The molecule has 0 fully saturated rings. The van der Waals surface area contributed by atoms with Crippen LogP contribution in [0.2, 0.25) is 0 Å². The van der Waals surface area contributed by atoms with E-state index in [-0.39, 0.29) is 31.1 Å². The van der Waals surface area contributed by atoms with Gasteiger partial charge in [-0.15, -0.1) is 0 Å². The van der Waals surface area contributed by atoms with Crippen molar-refractivity contribution in [1.82, 2.24) is 0 Å². The summed E-state index contributed by atoms with van der Waals surface area (Å²) in [7, 11) is 0. The number of carbonyl (C=O) groups is 3. The largest absolute Gasteiger partial charge is 0.462 e. The molecule has 0 heterocycles. The van der Waals surface area contributed by atoms with E-state index >= 15 is 0 Å². The topological polar surface area (TPSA) is 78.9 Å². The Kier molecular flexibility index (Phi) is 49.8. The van der Waals surface area contributed by atoms with Crippen LogP contribution in [0.4, 0.5) is 0 Å². The average molecular weight is 873 g/mol. The second-order valence-corrected chi connectivity index (χ2v) is 18.5. The predicted octanol–water partition coefficient (Wildman–Crippen LogP) is 17.9. The van der Waals surface area contributed by atoms with Gasteiger partial charge in [-0.05, 0) is 70.6 Å². The molecule has 364 valence electrons. The van der Waals surface area contributed by atoms with E-state index in [1.54, 1.807) is 0 Å². The van der Waals surface area contributed by atoms with Gasteiger partial charge in [-0.25, -0.2) is 0 Å². The molecule has 0 aromatic heterocycles. The minimum absolute atomic E-state index is 0.0715. The summed E-state index contributed by atoms with van der Waals surface area (Å²) in [4.78, 5) is 38.0. The molecule has 0 spiro atoms. The van der Waals surface area contributed by atoms with Crippen molar-refractivity contribution in [2.75, 3.05) is 13.2 Å². The molecule has 1 atom stereocenters. The number of allylic oxidation sites excluding steroid dienone is 4. The summed E-state index contributed by atoms with van der Waals surface area (Å²) in [5.74, 6) is -0.869. The first-order valence-corrected chi connectivity index (χ1v) is 27.3. The Bertz CT molecular complexity index is 1000. The molecule has 0 radical (unpaired) electrons. The zero-order chi connectivity index (χ0) is 45.1. The van der Waals surface area contributed by atoms with Gasteiger partial charge in [0.25, 0.3) is 0 Å². The van der Waals surface area contributed by atoms with Gasteiger partial charge in [-0.2, -0.15) is 0 Å². The second kappa shape index (κ2) is 51.5. The Morgan fingerprint density at radius 1 is 0.306 bits per heavy atom. The van der Waals surface area contributed by atoms with Gasteiger partial charge in [0.05, 0.1) is 0 Å². The molecule has 0 aliphatic carbocycles. The van der Waals surface area contributed by atoms with Crippen LogP contribution in [0, 0.1) is 0 Å².